The van der Waals surface area contributed by atoms with E-state index < -0.39 is 0 Å². The summed E-state index contributed by atoms with van der Waals surface area (Å²) in [6.07, 6.45) is 10.1. The van der Waals surface area contributed by atoms with Crippen molar-refractivity contribution >= 4 is 0 Å². The number of rotatable bonds is 5. The van der Waals surface area contributed by atoms with Crippen LogP contribution >= 0.6 is 0 Å². The van der Waals surface area contributed by atoms with E-state index in [9.17, 15) is 0 Å². The van der Waals surface area contributed by atoms with Crippen LogP contribution in [0.25, 0.3) is 0 Å². The van der Waals surface area contributed by atoms with Crippen LogP contribution in [-0.2, 0) is 0 Å². The first-order valence-electron chi connectivity index (χ1n) is 8.24. The SMILES string of the molecule is CC(C)CC(CN)c1nc(C2CCCCCCC2)no1. The summed E-state index contributed by atoms with van der Waals surface area (Å²) in [4.78, 5) is 4.67. The van der Waals surface area contributed by atoms with Crippen molar-refractivity contribution in [1.29, 1.82) is 0 Å². The third-order valence-electron chi connectivity index (χ3n) is 4.32. The van der Waals surface area contributed by atoms with E-state index in [4.69, 9.17) is 10.3 Å². The molecule has 1 fully saturated rings. The van der Waals surface area contributed by atoms with Gasteiger partial charge in [-0.25, -0.2) is 0 Å². The van der Waals surface area contributed by atoms with Crippen LogP contribution in [0.5, 0.6) is 0 Å². The fourth-order valence-electron chi connectivity index (χ4n) is 3.16. The Balaban J connectivity index is 2.02. The largest absolute Gasteiger partial charge is 0.339 e. The second-order valence-electron chi connectivity index (χ2n) is 6.60. The molecule has 4 nitrogen and oxygen atoms in total. The van der Waals surface area contributed by atoms with Crippen LogP contribution in [0.4, 0.5) is 0 Å². The molecule has 0 bridgehead atoms. The minimum atomic E-state index is 0.213. The van der Waals surface area contributed by atoms with Crippen molar-refractivity contribution in [2.75, 3.05) is 6.54 Å². The quantitative estimate of drug-likeness (QED) is 0.885. The zero-order valence-electron chi connectivity index (χ0n) is 13.0. The molecule has 1 saturated carbocycles. The van der Waals surface area contributed by atoms with Gasteiger partial charge in [0.25, 0.3) is 0 Å². The molecule has 0 saturated heterocycles. The predicted molar refractivity (Wildman–Crippen MR) is 80.6 cm³/mol. The highest BCUT2D eigenvalue weighted by atomic mass is 16.5. The minimum absolute atomic E-state index is 0.213. The van der Waals surface area contributed by atoms with Crippen molar-refractivity contribution in [1.82, 2.24) is 10.1 Å². The van der Waals surface area contributed by atoms with Crippen LogP contribution in [0.1, 0.15) is 88.8 Å². The summed E-state index contributed by atoms with van der Waals surface area (Å²) in [5.41, 5.74) is 5.86. The van der Waals surface area contributed by atoms with Gasteiger partial charge < -0.3 is 10.3 Å². The fraction of sp³-hybridized carbons (Fsp3) is 0.875. The van der Waals surface area contributed by atoms with E-state index in [1.54, 1.807) is 0 Å². The Labute approximate surface area is 122 Å². The molecule has 0 amide bonds. The van der Waals surface area contributed by atoms with Gasteiger partial charge in [0.1, 0.15) is 0 Å². The van der Waals surface area contributed by atoms with Crippen molar-refractivity contribution in [2.24, 2.45) is 11.7 Å². The van der Waals surface area contributed by atoms with Gasteiger partial charge in [-0.2, -0.15) is 4.98 Å². The van der Waals surface area contributed by atoms with Gasteiger partial charge in [-0.15, -0.1) is 0 Å². The molecule has 1 atom stereocenters. The van der Waals surface area contributed by atoms with Crippen molar-refractivity contribution in [2.45, 2.75) is 77.0 Å². The predicted octanol–water partition coefficient (Wildman–Crippen LogP) is 3.99. The number of nitrogens with zero attached hydrogens (tertiary/aromatic N) is 2. The van der Waals surface area contributed by atoms with Crippen LogP contribution in [0.15, 0.2) is 4.52 Å². The Hall–Kier alpha value is -0.900. The van der Waals surface area contributed by atoms with Crippen molar-refractivity contribution in [3.63, 3.8) is 0 Å². The highest BCUT2D eigenvalue weighted by Gasteiger charge is 2.23. The average Bonchev–Trinajstić information content (AvgIpc) is 2.84. The van der Waals surface area contributed by atoms with Crippen molar-refractivity contribution in [3.05, 3.63) is 11.7 Å². The van der Waals surface area contributed by atoms with E-state index in [2.05, 4.69) is 24.0 Å². The summed E-state index contributed by atoms with van der Waals surface area (Å²) in [6.45, 7) is 4.99. The summed E-state index contributed by atoms with van der Waals surface area (Å²) in [5.74, 6) is 2.97. The van der Waals surface area contributed by atoms with Crippen LogP contribution < -0.4 is 5.73 Å². The average molecular weight is 279 g/mol. The normalized spacial score (nSPS) is 19.8. The molecule has 1 aromatic rings. The molecule has 1 aromatic heterocycles. The Kier molecular flexibility index (Phi) is 6.02. The van der Waals surface area contributed by atoms with E-state index >= 15 is 0 Å². The maximum Gasteiger partial charge on any atom is 0.231 e. The molecule has 1 unspecified atom stereocenters. The molecule has 0 spiro atoms. The van der Waals surface area contributed by atoms with Gasteiger partial charge in [-0.3, -0.25) is 0 Å². The van der Waals surface area contributed by atoms with E-state index in [-0.39, 0.29) is 5.92 Å². The summed E-state index contributed by atoms with van der Waals surface area (Å²) in [7, 11) is 0. The maximum absolute atomic E-state index is 5.86. The highest BCUT2D eigenvalue weighted by Crippen LogP contribution is 2.30. The van der Waals surface area contributed by atoms with Crippen LogP contribution in [0.3, 0.4) is 0 Å². The van der Waals surface area contributed by atoms with Gasteiger partial charge in [0, 0.05) is 12.5 Å². The molecular formula is C16H29N3O. The fourth-order valence-corrected chi connectivity index (χ4v) is 3.16. The second kappa shape index (κ2) is 7.77. The van der Waals surface area contributed by atoms with Gasteiger partial charge in [-0.1, -0.05) is 51.1 Å². The lowest BCUT2D eigenvalue weighted by atomic mass is 9.90. The van der Waals surface area contributed by atoms with Gasteiger partial charge in [-0.05, 0) is 25.2 Å². The molecule has 0 radical (unpaired) electrons. The third kappa shape index (κ3) is 4.30. The number of hydrogen-bond donors (Lipinski definition) is 1. The zero-order valence-corrected chi connectivity index (χ0v) is 13.0. The Morgan fingerprint density at radius 3 is 2.40 bits per heavy atom. The summed E-state index contributed by atoms with van der Waals surface area (Å²) in [5, 5.41) is 4.25. The number of nitrogens with two attached hydrogens (primary N) is 1. The first-order valence-corrected chi connectivity index (χ1v) is 8.24. The summed E-state index contributed by atoms with van der Waals surface area (Å²) < 4.78 is 5.50. The molecule has 4 heteroatoms. The smallest absolute Gasteiger partial charge is 0.231 e. The first-order chi connectivity index (χ1) is 9.70. The van der Waals surface area contributed by atoms with Crippen LogP contribution in [0.2, 0.25) is 0 Å². The van der Waals surface area contributed by atoms with Crippen LogP contribution in [0, 0.1) is 5.92 Å². The lowest BCUT2D eigenvalue weighted by Gasteiger charge is -2.16. The van der Waals surface area contributed by atoms with Gasteiger partial charge in [0.05, 0.1) is 5.92 Å². The van der Waals surface area contributed by atoms with E-state index in [1.165, 1.54) is 44.9 Å². The lowest BCUT2D eigenvalue weighted by molar-refractivity contribution is 0.327. The molecule has 1 aliphatic carbocycles. The Bertz CT molecular complexity index is 381. The highest BCUT2D eigenvalue weighted by molar-refractivity contribution is 5.00. The van der Waals surface area contributed by atoms with Gasteiger partial charge >= 0.3 is 0 Å². The van der Waals surface area contributed by atoms with E-state index in [1.807, 2.05) is 0 Å². The second-order valence-corrected chi connectivity index (χ2v) is 6.60. The molecule has 0 aliphatic heterocycles. The topological polar surface area (TPSA) is 64.9 Å². The molecule has 0 aromatic carbocycles. The minimum Gasteiger partial charge on any atom is -0.339 e. The lowest BCUT2D eigenvalue weighted by Crippen LogP contribution is -2.15. The molecule has 2 N–H and O–H groups in total. The Morgan fingerprint density at radius 2 is 1.80 bits per heavy atom. The number of hydrogen-bond acceptors (Lipinski definition) is 4. The number of aromatic nitrogens is 2. The summed E-state index contributed by atoms with van der Waals surface area (Å²) >= 11 is 0. The molecule has 114 valence electrons. The van der Waals surface area contributed by atoms with Gasteiger partial charge in [0.15, 0.2) is 5.82 Å². The van der Waals surface area contributed by atoms with E-state index in [0.29, 0.717) is 18.4 Å². The molecule has 1 heterocycles. The first kappa shape index (κ1) is 15.5. The third-order valence-corrected chi connectivity index (χ3v) is 4.32. The monoisotopic (exact) mass is 279 g/mol. The Morgan fingerprint density at radius 1 is 1.15 bits per heavy atom. The molecular weight excluding hydrogens is 250 g/mol. The molecule has 2 rings (SSSR count). The van der Waals surface area contributed by atoms with Gasteiger partial charge in [0.2, 0.25) is 5.89 Å². The van der Waals surface area contributed by atoms with Crippen molar-refractivity contribution in [3.8, 4) is 0 Å². The summed E-state index contributed by atoms with van der Waals surface area (Å²) in [6, 6.07) is 0. The van der Waals surface area contributed by atoms with Crippen LogP contribution in [-0.4, -0.2) is 16.7 Å². The standard InChI is InChI=1S/C16H29N3O/c1-12(2)10-14(11-17)16-18-15(19-20-16)13-8-6-4-3-5-7-9-13/h12-14H,3-11,17H2,1-2H3. The van der Waals surface area contributed by atoms with Crippen molar-refractivity contribution < 1.29 is 4.52 Å². The zero-order chi connectivity index (χ0) is 14.4. The molecule has 1 aliphatic rings. The molecule has 20 heavy (non-hydrogen) atoms. The maximum atomic E-state index is 5.86. The van der Waals surface area contributed by atoms with E-state index in [0.717, 1.165) is 18.1 Å².